The minimum atomic E-state index is -3.76. The maximum Gasteiger partial charge on any atom is 0.248 e. The lowest BCUT2D eigenvalue weighted by atomic mass is 10.2. The van der Waals surface area contributed by atoms with E-state index in [2.05, 4.69) is 5.32 Å². The van der Waals surface area contributed by atoms with Gasteiger partial charge < -0.3 is 24.3 Å². The van der Waals surface area contributed by atoms with Crippen LogP contribution in [0.2, 0.25) is 0 Å². The zero-order chi connectivity index (χ0) is 22.6. The summed E-state index contributed by atoms with van der Waals surface area (Å²) in [5.74, 6) is 1.09. The molecule has 9 nitrogen and oxygen atoms in total. The van der Waals surface area contributed by atoms with Crippen molar-refractivity contribution in [1.29, 1.82) is 0 Å². The largest absolute Gasteiger partial charge is 0.495 e. The Morgan fingerprint density at radius 3 is 2.53 bits per heavy atom. The van der Waals surface area contributed by atoms with Crippen molar-refractivity contribution in [2.45, 2.75) is 4.90 Å². The average molecular weight is 461 g/mol. The first kappa shape index (κ1) is 22.1. The first-order valence-corrected chi connectivity index (χ1v) is 11.6. The molecule has 170 valence electrons. The molecule has 2 aliphatic rings. The summed E-state index contributed by atoms with van der Waals surface area (Å²) in [6.07, 6.45) is 2.88. The second-order valence-corrected chi connectivity index (χ2v) is 9.01. The van der Waals surface area contributed by atoms with E-state index in [4.69, 9.17) is 18.9 Å². The third-order valence-electron chi connectivity index (χ3n) is 5.01. The van der Waals surface area contributed by atoms with Crippen molar-refractivity contribution in [2.75, 3.05) is 51.9 Å². The highest BCUT2D eigenvalue weighted by molar-refractivity contribution is 7.89. The Morgan fingerprint density at radius 1 is 1.03 bits per heavy atom. The van der Waals surface area contributed by atoms with E-state index in [0.29, 0.717) is 49.2 Å². The molecule has 0 radical (unpaired) electrons. The van der Waals surface area contributed by atoms with Crippen molar-refractivity contribution >= 4 is 27.7 Å². The zero-order valence-electron chi connectivity index (χ0n) is 17.6. The van der Waals surface area contributed by atoms with Crippen LogP contribution >= 0.6 is 0 Å². The molecule has 10 heteroatoms. The van der Waals surface area contributed by atoms with Crippen molar-refractivity contribution in [3.05, 3.63) is 48.0 Å². The van der Waals surface area contributed by atoms with Crippen LogP contribution in [0.4, 0.5) is 5.69 Å². The van der Waals surface area contributed by atoms with Gasteiger partial charge in [0.05, 0.1) is 20.3 Å². The van der Waals surface area contributed by atoms with Crippen LogP contribution in [-0.2, 0) is 19.6 Å². The maximum atomic E-state index is 13.1. The van der Waals surface area contributed by atoms with E-state index >= 15 is 0 Å². The summed E-state index contributed by atoms with van der Waals surface area (Å²) in [6, 6.07) is 9.91. The third kappa shape index (κ3) is 4.87. The van der Waals surface area contributed by atoms with Crippen molar-refractivity contribution in [1.82, 2.24) is 4.31 Å². The Kier molecular flexibility index (Phi) is 6.63. The summed E-state index contributed by atoms with van der Waals surface area (Å²) in [5, 5.41) is 2.76. The molecule has 1 N–H and O–H groups in total. The number of hydrogen-bond acceptors (Lipinski definition) is 7. The molecule has 1 saturated heterocycles. The summed E-state index contributed by atoms with van der Waals surface area (Å²) in [5.41, 5.74) is 1.11. The smallest absolute Gasteiger partial charge is 0.248 e. The van der Waals surface area contributed by atoms with E-state index in [-0.39, 0.29) is 29.6 Å². The lowest BCUT2D eigenvalue weighted by Crippen LogP contribution is -2.40. The summed E-state index contributed by atoms with van der Waals surface area (Å²) < 4.78 is 49.0. The number of methoxy groups -OCH3 is 1. The van der Waals surface area contributed by atoms with Gasteiger partial charge in [-0.1, -0.05) is 6.07 Å². The minimum Gasteiger partial charge on any atom is -0.495 e. The van der Waals surface area contributed by atoms with Crippen LogP contribution in [0.5, 0.6) is 17.2 Å². The molecule has 4 rings (SSSR count). The van der Waals surface area contributed by atoms with E-state index in [9.17, 15) is 13.2 Å². The Bertz CT molecular complexity index is 1130. The summed E-state index contributed by atoms with van der Waals surface area (Å²) >= 11 is 0. The van der Waals surface area contributed by atoms with Crippen LogP contribution in [0, 0.1) is 0 Å². The van der Waals surface area contributed by atoms with Crippen molar-refractivity contribution < 1.29 is 32.2 Å². The number of ether oxygens (including phenoxy) is 4. The predicted molar refractivity (Wildman–Crippen MR) is 118 cm³/mol. The van der Waals surface area contributed by atoms with Crippen LogP contribution in [0.25, 0.3) is 6.08 Å². The first-order chi connectivity index (χ1) is 15.5. The Morgan fingerprint density at radius 2 is 1.78 bits per heavy atom. The molecule has 0 aliphatic carbocycles. The Balaban J connectivity index is 1.50. The van der Waals surface area contributed by atoms with Gasteiger partial charge in [-0.2, -0.15) is 4.31 Å². The van der Waals surface area contributed by atoms with Gasteiger partial charge >= 0.3 is 0 Å². The van der Waals surface area contributed by atoms with E-state index < -0.39 is 10.0 Å². The van der Waals surface area contributed by atoms with Gasteiger partial charge in [0.25, 0.3) is 0 Å². The van der Waals surface area contributed by atoms with Crippen LogP contribution in [0.15, 0.2) is 47.4 Å². The molecule has 2 aromatic rings. The summed E-state index contributed by atoms with van der Waals surface area (Å²) in [4.78, 5) is 12.4. The number of carbonyl (C=O) groups excluding carboxylic acids is 1. The van der Waals surface area contributed by atoms with E-state index in [1.54, 1.807) is 36.4 Å². The molecule has 2 heterocycles. The van der Waals surface area contributed by atoms with E-state index in [1.807, 2.05) is 0 Å². The fraction of sp³-hybridized carbons (Fsp3) is 0.318. The standard InChI is InChI=1S/C22H24N2O7S/c1-28-19-5-2-16(14-21(19)32(26,27)24-8-10-29-11-9-24)3-7-22(25)23-17-4-6-18-20(15-17)31-13-12-30-18/h2-7,14-15H,8-13H2,1H3,(H,23,25)/b7-3+. The predicted octanol–water partition coefficient (Wildman–Crippen LogP) is 2.14. The van der Waals surface area contributed by atoms with Crippen molar-refractivity contribution in [3.63, 3.8) is 0 Å². The highest BCUT2D eigenvalue weighted by Gasteiger charge is 2.29. The molecule has 0 bridgehead atoms. The number of amides is 1. The number of nitrogens with one attached hydrogen (secondary N) is 1. The number of sulfonamides is 1. The van der Waals surface area contributed by atoms with Gasteiger partial charge in [0.1, 0.15) is 23.9 Å². The van der Waals surface area contributed by atoms with Gasteiger partial charge in [-0.05, 0) is 35.9 Å². The lowest BCUT2D eigenvalue weighted by molar-refractivity contribution is -0.111. The van der Waals surface area contributed by atoms with Gasteiger partial charge in [-0.3, -0.25) is 4.79 Å². The van der Waals surface area contributed by atoms with Crippen LogP contribution in [0.3, 0.4) is 0 Å². The average Bonchev–Trinajstić information content (AvgIpc) is 2.83. The lowest BCUT2D eigenvalue weighted by Gasteiger charge is -2.26. The van der Waals surface area contributed by atoms with Crippen LogP contribution in [-0.4, -0.2) is 65.3 Å². The SMILES string of the molecule is COc1ccc(/C=C/C(=O)Nc2ccc3c(c2)OCCO3)cc1S(=O)(=O)N1CCOCC1. The molecule has 0 unspecified atom stereocenters. The second-order valence-electron chi connectivity index (χ2n) is 7.11. The fourth-order valence-corrected chi connectivity index (χ4v) is 5.00. The molecule has 2 aromatic carbocycles. The topological polar surface area (TPSA) is 103 Å². The zero-order valence-corrected chi connectivity index (χ0v) is 18.4. The molecule has 0 aromatic heterocycles. The van der Waals surface area contributed by atoms with Gasteiger partial charge in [0.15, 0.2) is 11.5 Å². The third-order valence-corrected chi connectivity index (χ3v) is 6.93. The van der Waals surface area contributed by atoms with Gasteiger partial charge in [0, 0.05) is 30.9 Å². The highest BCUT2D eigenvalue weighted by Crippen LogP contribution is 2.32. The van der Waals surface area contributed by atoms with Crippen molar-refractivity contribution in [2.24, 2.45) is 0 Å². The molecular weight excluding hydrogens is 436 g/mol. The molecule has 0 spiro atoms. The highest BCUT2D eigenvalue weighted by atomic mass is 32.2. The molecular formula is C22H24N2O7S. The molecule has 0 saturated carbocycles. The molecule has 1 fully saturated rings. The summed E-state index contributed by atoms with van der Waals surface area (Å²) in [7, 11) is -2.33. The second kappa shape index (κ2) is 9.60. The quantitative estimate of drug-likeness (QED) is 0.659. The number of morpholine rings is 1. The summed E-state index contributed by atoms with van der Waals surface area (Å²) in [6.45, 7) is 2.21. The first-order valence-electron chi connectivity index (χ1n) is 10.1. The minimum absolute atomic E-state index is 0.0521. The fourth-order valence-electron chi connectivity index (χ4n) is 3.40. The molecule has 1 amide bonds. The molecule has 2 aliphatic heterocycles. The van der Waals surface area contributed by atoms with Crippen LogP contribution in [0.1, 0.15) is 5.56 Å². The van der Waals surface area contributed by atoms with Crippen molar-refractivity contribution in [3.8, 4) is 17.2 Å². The number of hydrogen-bond donors (Lipinski definition) is 1. The molecule has 32 heavy (non-hydrogen) atoms. The molecule has 0 atom stereocenters. The Labute approximate surface area is 186 Å². The Hall–Kier alpha value is -3.08. The maximum absolute atomic E-state index is 13.1. The normalized spacial score (nSPS) is 16.7. The monoisotopic (exact) mass is 460 g/mol. The number of benzene rings is 2. The number of anilines is 1. The number of carbonyl (C=O) groups is 1. The van der Waals surface area contributed by atoms with Gasteiger partial charge in [0.2, 0.25) is 15.9 Å². The van der Waals surface area contributed by atoms with E-state index in [1.165, 1.54) is 23.6 Å². The number of nitrogens with zero attached hydrogens (tertiary/aromatic N) is 1. The number of fused-ring (bicyclic) bond motifs is 1. The van der Waals surface area contributed by atoms with Gasteiger partial charge in [-0.15, -0.1) is 0 Å². The van der Waals surface area contributed by atoms with Gasteiger partial charge in [-0.25, -0.2) is 8.42 Å². The van der Waals surface area contributed by atoms with Crippen LogP contribution < -0.4 is 19.5 Å². The number of rotatable bonds is 6. The van der Waals surface area contributed by atoms with E-state index in [0.717, 1.165) is 0 Å².